The number of phenols is 1. The number of carbonyl (C=O) groups is 2. The maximum absolute atomic E-state index is 10.7. The summed E-state index contributed by atoms with van der Waals surface area (Å²) >= 11 is 0. The lowest BCUT2D eigenvalue weighted by Gasteiger charge is -2.12. The van der Waals surface area contributed by atoms with Crippen molar-refractivity contribution in [1.29, 1.82) is 0 Å². The highest BCUT2D eigenvalue weighted by molar-refractivity contribution is 5.89. The van der Waals surface area contributed by atoms with Gasteiger partial charge in [-0.1, -0.05) is 0 Å². The monoisotopic (exact) mass is 225 g/mol. The second kappa shape index (κ2) is 4.19. The summed E-state index contributed by atoms with van der Waals surface area (Å²) in [6.07, 6.45) is 0. The quantitative estimate of drug-likeness (QED) is 0.593. The Labute approximate surface area is 90.9 Å². The molecule has 5 N–H and O–H groups in total. The zero-order valence-electron chi connectivity index (χ0n) is 8.47. The van der Waals surface area contributed by atoms with Gasteiger partial charge in [0.1, 0.15) is 11.8 Å². The highest BCUT2D eigenvalue weighted by Gasteiger charge is 2.21. The van der Waals surface area contributed by atoms with E-state index in [1.165, 1.54) is 13.0 Å². The highest BCUT2D eigenvalue weighted by Crippen LogP contribution is 2.28. The van der Waals surface area contributed by atoms with Crippen LogP contribution in [0.5, 0.6) is 5.75 Å². The molecular formula is C10H11NO5. The molecule has 1 aromatic rings. The maximum Gasteiger partial charge on any atom is 0.335 e. The Kier molecular flexibility index (Phi) is 3.14. The van der Waals surface area contributed by atoms with Crippen molar-refractivity contribution in [2.75, 3.05) is 0 Å². The van der Waals surface area contributed by atoms with Crippen LogP contribution in [0.25, 0.3) is 0 Å². The minimum Gasteiger partial charge on any atom is -0.507 e. The number of rotatable bonds is 3. The van der Waals surface area contributed by atoms with Crippen LogP contribution < -0.4 is 5.73 Å². The van der Waals surface area contributed by atoms with E-state index in [0.29, 0.717) is 0 Å². The van der Waals surface area contributed by atoms with Crippen molar-refractivity contribution in [1.82, 2.24) is 0 Å². The Bertz CT molecular complexity index is 455. The summed E-state index contributed by atoms with van der Waals surface area (Å²) in [7, 11) is 0. The Balaban J connectivity index is 3.37. The van der Waals surface area contributed by atoms with Gasteiger partial charge in [0.15, 0.2) is 0 Å². The average molecular weight is 225 g/mol. The van der Waals surface area contributed by atoms with Gasteiger partial charge in [-0.15, -0.1) is 0 Å². The summed E-state index contributed by atoms with van der Waals surface area (Å²) in [5.74, 6) is -2.83. The van der Waals surface area contributed by atoms with Crippen LogP contribution in [0.4, 0.5) is 0 Å². The van der Waals surface area contributed by atoms with Gasteiger partial charge in [0.2, 0.25) is 0 Å². The second-order valence-corrected chi connectivity index (χ2v) is 3.35. The first kappa shape index (κ1) is 12.0. The van der Waals surface area contributed by atoms with Crippen LogP contribution >= 0.6 is 0 Å². The molecule has 86 valence electrons. The molecule has 0 spiro atoms. The van der Waals surface area contributed by atoms with Crippen LogP contribution in [0.1, 0.15) is 27.5 Å². The van der Waals surface area contributed by atoms with Crippen molar-refractivity contribution in [3.8, 4) is 5.75 Å². The fourth-order valence-electron chi connectivity index (χ4n) is 1.30. The molecule has 1 rings (SSSR count). The fraction of sp³-hybridized carbons (Fsp3) is 0.200. The summed E-state index contributed by atoms with van der Waals surface area (Å²) in [6.45, 7) is 1.47. The van der Waals surface area contributed by atoms with Crippen molar-refractivity contribution in [3.05, 3.63) is 28.8 Å². The van der Waals surface area contributed by atoms with Crippen LogP contribution in [0, 0.1) is 6.92 Å². The first-order chi connectivity index (χ1) is 7.34. The van der Waals surface area contributed by atoms with Crippen molar-refractivity contribution < 1.29 is 24.9 Å². The molecule has 0 unspecified atom stereocenters. The van der Waals surface area contributed by atoms with E-state index >= 15 is 0 Å². The third kappa shape index (κ3) is 2.12. The number of aliphatic carboxylic acids is 1. The highest BCUT2D eigenvalue weighted by atomic mass is 16.4. The molecule has 1 atom stereocenters. The van der Waals surface area contributed by atoms with Crippen LogP contribution in [-0.4, -0.2) is 27.3 Å². The van der Waals surface area contributed by atoms with E-state index in [4.69, 9.17) is 15.9 Å². The lowest BCUT2D eigenvalue weighted by molar-refractivity contribution is -0.138. The number of aryl methyl sites for hydroxylation is 1. The van der Waals surface area contributed by atoms with E-state index in [1.54, 1.807) is 0 Å². The molecule has 0 saturated carbocycles. The maximum atomic E-state index is 10.7. The van der Waals surface area contributed by atoms with E-state index in [0.717, 1.165) is 6.07 Å². The molecule has 0 aliphatic heterocycles. The molecule has 16 heavy (non-hydrogen) atoms. The largest absolute Gasteiger partial charge is 0.507 e. The molecule has 1 aromatic carbocycles. The number of carboxylic acid groups (broad SMARTS) is 2. The van der Waals surface area contributed by atoms with Gasteiger partial charge < -0.3 is 21.1 Å². The third-order valence-electron chi connectivity index (χ3n) is 2.18. The van der Waals surface area contributed by atoms with Gasteiger partial charge in [-0.25, -0.2) is 4.79 Å². The lowest BCUT2D eigenvalue weighted by atomic mass is 9.99. The van der Waals surface area contributed by atoms with E-state index in [-0.39, 0.29) is 22.4 Å². The number of carboxylic acids is 2. The van der Waals surface area contributed by atoms with Gasteiger partial charge >= 0.3 is 11.9 Å². The molecule has 0 aliphatic rings. The molecule has 0 bridgehead atoms. The molecule has 0 radical (unpaired) electrons. The van der Waals surface area contributed by atoms with E-state index < -0.39 is 18.0 Å². The van der Waals surface area contributed by atoms with Gasteiger partial charge in [0.05, 0.1) is 5.56 Å². The smallest absolute Gasteiger partial charge is 0.335 e. The number of aromatic carboxylic acids is 1. The second-order valence-electron chi connectivity index (χ2n) is 3.35. The zero-order valence-corrected chi connectivity index (χ0v) is 8.47. The third-order valence-corrected chi connectivity index (χ3v) is 2.18. The Hall–Kier alpha value is -2.08. The van der Waals surface area contributed by atoms with Crippen LogP contribution in [0.15, 0.2) is 12.1 Å². The predicted octanol–water partition coefficient (Wildman–Crippen LogP) is 0.483. The topological polar surface area (TPSA) is 121 Å². The lowest BCUT2D eigenvalue weighted by Crippen LogP contribution is -2.21. The number of hydrogen-bond acceptors (Lipinski definition) is 4. The predicted molar refractivity (Wildman–Crippen MR) is 54.4 cm³/mol. The van der Waals surface area contributed by atoms with Gasteiger partial charge in [-0.3, -0.25) is 4.79 Å². The number of phenolic OH excluding ortho intramolecular Hbond substituents is 1. The van der Waals surface area contributed by atoms with Crippen molar-refractivity contribution in [3.63, 3.8) is 0 Å². The van der Waals surface area contributed by atoms with Crippen molar-refractivity contribution >= 4 is 11.9 Å². The number of hydrogen-bond donors (Lipinski definition) is 4. The summed E-state index contributed by atoms with van der Waals surface area (Å²) in [5, 5.41) is 27.1. The SMILES string of the molecule is Cc1cc(C(=O)O)cc([C@H](N)C(=O)O)c1O. The molecule has 0 saturated heterocycles. The molecule has 0 heterocycles. The van der Waals surface area contributed by atoms with E-state index in [1.807, 2.05) is 0 Å². The first-order valence-electron chi connectivity index (χ1n) is 4.39. The molecule has 6 heteroatoms. The molecule has 0 amide bonds. The van der Waals surface area contributed by atoms with Crippen LogP contribution in [0.3, 0.4) is 0 Å². The number of benzene rings is 1. The van der Waals surface area contributed by atoms with Gasteiger partial charge in [0, 0.05) is 5.56 Å². The van der Waals surface area contributed by atoms with E-state index in [2.05, 4.69) is 0 Å². The van der Waals surface area contributed by atoms with Gasteiger partial charge in [-0.05, 0) is 24.6 Å². The standard InChI is InChI=1S/C10H11NO5/c1-4-2-5(9(13)14)3-6(8(4)12)7(11)10(15)16/h2-3,7,12H,11H2,1H3,(H,13,14)(H,15,16)/t7-/m0/s1. The van der Waals surface area contributed by atoms with Crippen molar-refractivity contribution in [2.24, 2.45) is 5.73 Å². The molecule has 0 fully saturated rings. The minimum atomic E-state index is -1.45. The van der Waals surface area contributed by atoms with Gasteiger partial charge in [-0.2, -0.15) is 0 Å². The van der Waals surface area contributed by atoms with Crippen molar-refractivity contribution in [2.45, 2.75) is 13.0 Å². The summed E-state index contributed by atoms with van der Waals surface area (Å²) in [6, 6.07) is 0.858. The summed E-state index contributed by atoms with van der Waals surface area (Å²) < 4.78 is 0. The van der Waals surface area contributed by atoms with Gasteiger partial charge in [0.25, 0.3) is 0 Å². The summed E-state index contributed by atoms with van der Waals surface area (Å²) in [4.78, 5) is 21.4. The normalized spacial score (nSPS) is 12.1. The Morgan fingerprint density at radius 1 is 1.31 bits per heavy atom. The molecule has 0 aromatic heterocycles. The molecule has 6 nitrogen and oxygen atoms in total. The zero-order chi connectivity index (χ0) is 12.5. The fourth-order valence-corrected chi connectivity index (χ4v) is 1.30. The van der Waals surface area contributed by atoms with E-state index in [9.17, 15) is 14.7 Å². The minimum absolute atomic E-state index is 0.107. The van der Waals surface area contributed by atoms with Crippen LogP contribution in [-0.2, 0) is 4.79 Å². The number of aromatic hydroxyl groups is 1. The first-order valence-corrected chi connectivity index (χ1v) is 4.39. The number of nitrogens with two attached hydrogens (primary N) is 1. The average Bonchev–Trinajstić information content (AvgIpc) is 2.20. The molecule has 0 aliphatic carbocycles. The Morgan fingerprint density at radius 3 is 2.31 bits per heavy atom. The van der Waals surface area contributed by atoms with Crippen LogP contribution in [0.2, 0.25) is 0 Å². The Morgan fingerprint density at radius 2 is 1.88 bits per heavy atom. The summed E-state index contributed by atoms with van der Waals surface area (Å²) in [5.41, 5.74) is 5.38. The molecular weight excluding hydrogens is 214 g/mol.